The van der Waals surface area contributed by atoms with E-state index < -0.39 is 0 Å². The van der Waals surface area contributed by atoms with Crippen molar-refractivity contribution in [2.24, 2.45) is 0 Å². The van der Waals surface area contributed by atoms with Gasteiger partial charge in [-0.05, 0) is 25.1 Å². The molecule has 1 heterocycles. The third-order valence-corrected chi connectivity index (χ3v) is 3.92. The van der Waals surface area contributed by atoms with Gasteiger partial charge in [0.05, 0.1) is 10.7 Å². The molecule has 2 N–H and O–H groups in total. The van der Waals surface area contributed by atoms with Crippen molar-refractivity contribution < 1.29 is 4.79 Å². The number of amides is 1. The van der Waals surface area contributed by atoms with Gasteiger partial charge in [0.15, 0.2) is 0 Å². The summed E-state index contributed by atoms with van der Waals surface area (Å²) in [7, 11) is 2.03. The first-order valence-electron chi connectivity index (χ1n) is 7.17. The number of nitrogens with one attached hydrogen (secondary N) is 2. The summed E-state index contributed by atoms with van der Waals surface area (Å²) >= 11 is 6.39. The molecule has 1 atom stereocenters. The fourth-order valence-electron chi connectivity index (χ4n) is 2.49. The highest BCUT2D eigenvalue weighted by Crippen LogP contribution is 2.38. The average molecular weight is 296 g/mol. The second-order valence-corrected chi connectivity index (χ2v) is 5.55. The molecule has 4 nitrogen and oxygen atoms in total. The van der Waals surface area contributed by atoms with Crippen molar-refractivity contribution in [3.05, 3.63) is 22.7 Å². The Morgan fingerprint density at radius 3 is 2.80 bits per heavy atom. The van der Waals surface area contributed by atoms with Gasteiger partial charge < -0.3 is 15.5 Å². The molecule has 1 aromatic carbocycles. The normalized spacial score (nSPS) is 17.0. The summed E-state index contributed by atoms with van der Waals surface area (Å²) in [5.74, 6) is -0.00808. The number of carbonyl (C=O) groups is 1. The Morgan fingerprint density at radius 1 is 1.40 bits per heavy atom. The van der Waals surface area contributed by atoms with E-state index in [1.54, 1.807) is 0 Å². The number of benzene rings is 1. The lowest BCUT2D eigenvalue weighted by Gasteiger charge is -2.21. The monoisotopic (exact) mass is 295 g/mol. The molecule has 0 fully saturated rings. The zero-order valence-electron chi connectivity index (χ0n) is 12.3. The van der Waals surface area contributed by atoms with Crippen molar-refractivity contribution >= 4 is 28.9 Å². The van der Waals surface area contributed by atoms with E-state index in [2.05, 4.69) is 22.5 Å². The van der Waals surface area contributed by atoms with Gasteiger partial charge in [-0.25, -0.2) is 0 Å². The Hall–Kier alpha value is -1.26. The van der Waals surface area contributed by atoms with E-state index in [1.165, 1.54) is 0 Å². The van der Waals surface area contributed by atoms with E-state index in [0.29, 0.717) is 5.02 Å². The molecule has 0 aromatic heterocycles. The lowest BCUT2D eigenvalue weighted by atomic mass is 10.1. The summed E-state index contributed by atoms with van der Waals surface area (Å²) in [6.45, 7) is 5.85. The maximum Gasteiger partial charge on any atom is 0.246 e. The predicted octanol–water partition coefficient (Wildman–Crippen LogP) is 3.18. The molecule has 0 bridgehead atoms. The molecule has 1 amide bonds. The number of hydrogen-bond donors (Lipinski definition) is 2. The first kappa shape index (κ1) is 15.1. The number of rotatable bonds is 6. The van der Waals surface area contributed by atoms with Crippen LogP contribution in [-0.4, -0.2) is 26.0 Å². The van der Waals surface area contributed by atoms with E-state index in [0.717, 1.165) is 42.9 Å². The molecule has 0 radical (unpaired) electrons. The van der Waals surface area contributed by atoms with Gasteiger partial charge in [0.1, 0.15) is 6.04 Å². The third kappa shape index (κ3) is 2.91. The smallest absolute Gasteiger partial charge is 0.246 e. The Kier molecular flexibility index (Phi) is 4.89. The van der Waals surface area contributed by atoms with Crippen LogP contribution in [0.4, 0.5) is 11.4 Å². The molecule has 1 unspecified atom stereocenters. The number of halogens is 1. The molecule has 2 rings (SSSR count). The summed E-state index contributed by atoms with van der Waals surface area (Å²) in [6.07, 6.45) is 2.27. The summed E-state index contributed by atoms with van der Waals surface area (Å²) in [5, 5.41) is 6.80. The molecule has 5 heteroatoms. The fraction of sp³-hybridized carbons (Fsp3) is 0.533. The van der Waals surface area contributed by atoms with Gasteiger partial charge in [0.25, 0.3) is 0 Å². The molecule has 0 saturated carbocycles. The van der Waals surface area contributed by atoms with Gasteiger partial charge in [0, 0.05) is 24.8 Å². The van der Waals surface area contributed by atoms with Crippen molar-refractivity contribution in [3.63, 3.8) is 0 Å². The minimum Gasteiger partial charge on any atom is -0.373 e. The van der Waals surface area contributed by atoms with Gasteiger partial charge in [-0.3, -0.25) is 4.79 Å². The molecular weight excluding hydrogens is 274 g/mol. The second-order valence-electron chi connectivity index (χ2n) is 5.15. The largest absolute Gasteiger partial charge is 0.373 e. The van der Waals surface area contributed by atoms with E-state index in [1.807, 2.05) is 26.1 Å². The lowest BCUT2D eigenvalue weighted by molar-refractivity contribution is -0.117. The minimum absolute atomic E-state index is 0.00808. The zero-order valence-corrected chi connectivity index (χ0v) is 13.0. The molecule has 1 aliphatic rings. The molecular formula is C15H22ClN3O. The van der Waals surface area contributed by atoms with Crippen molar-refractivity contribution in [1.29, 1.82) is 0 Å². The topological polar surface area (TPSA) is 44.4 Å². The highest BCUT2D eigenvalue weighted by atomic mass is 35.5. The zero-order chi connectivity index (χ0) is 14.7. The SMILES string of the molecule is CCCCN(C)c1cc2c(cc1Cl)C(NCC)C(=O)N2. The van der Waals surface area contributed by atoms with E-state index in [-0.39, 0.29) is 11.9 Å². The average Bonchev–Trinajstić information content (AvgIpc) is 2.72. The fourth-order valence-corrected chi connectivity index (χ4v) is 2.80. The van der Waals surface area contributed by atoms with Gasteiger partial charge in [-0.1, -0.05) is 31.9 Å². The van der Waals surface area contributed by atoms with Gasteiger partial charge >= 0.3 is 0 Å². The first-order chi connectivity index (χ1) is 9.58. The van der Waals surface area contributed by atoms with Crippen LogP contribution in [0.15, 0.2) is 12.1 Å². The van der Waals surface area contributed by atoms with Gasteiger partial charge in [-0.15, -0.1) is 0 Å². The van der Waals surface area contributed by atoms with Crippen molar-refractivity contribution in [1.82, 2.24) is 5.32 Å². The van der Waals surface area contributed by atoms with Crippen LogP contribution in [-0.2, 0) is 4.79 Å². The number of nitrogens with zero attached hydrogens (tertiary/aromatic N) is 1. The standard InChI is InChI=1S/C15H22ClN3O/c1-4-6-7-19(3)13-9-12-10(8-11(13)16)14(17-5-2)15(20)18-12/h8-9,14,17H,4-7H2,1-3H3,(H,18,20). The number of fused-ring (bicyclic) bond motifs is 1. The van der Waals surface area contributed by atoms with Crippen LogP contribution in [0.5, 0.6) is 0 Å². The number of likely N-dealkylation sites (N-methyl/N-ethyl adjacent to an activating group) is 1. The predicted molar refractivity (Wildman–Crippen MR) is 84.7 cm³/mol. The highest BCUT2D eigenvalue weighted by Gasteiger charge is 2.31. The Balaban J connectivity index is 2.28. The minimum atomic E-state index is -0.289. The Labute approximate surface area is 125 Å². The number of unbranched alkanes of at least 4 members (excludes halogenated alkanes) is 1. The van der Waals surface area contributed by atoms with Crippen molar-refractivity contribution in [2.45, 2.75) is 32.7 Å². The molecule has 0 aliphatic carbocycles. The van der Waals surface area contributed by atoms with E-state index >= 15 is 0 Å². The molecule has 1 aromatic rings. The summed E-state index contributed by atoms with van der Waals surface area (Å²) in [6, 6.07) is 3.59. The van der Waals surface area contributed by atoms with Crippen LogP contribution in [0, 0.1) is 0 Å². The van der Waals surface area contributed by atoms with Crippen LogP contribution in [0.25, 0.3) is 0 Å². The van der Waals surface area contributed by atoms with Crippen LogP contribution in [0.1, 0.15) is 38.3 Å². The molecule has 0 spiro atoms. The third-order valence-electron chi connectivity index (χ3n) is 3.62. The van der Waals surface area contributed by atoms with Crippen LogP contribution < -0.4 is 15.5 Å². The van der Waals surface area contributed by atoms with E-state index in [9.17, 15) is 4.79 Å². The van der Waals surface area contributed by atoms with Crippen molar-refractivity contribution in [2.75, 3.05) is 30.4 Å². The van der Waals surface area contributed by atoms with Gasteiger partial charge in [0.2, 0.25) is 5.91 Å². The second kappa shape index (κ2) is 6.46. The lowest BCUT2D eigenvalue weighted by Crippen LogP contribution is -2.27. The summed E-state index contributed by atoms with van der Waals surface area (Å²) in [4.78, 5) is 14.1. The van der Waals surface area contributed by atoms with Crippen LogP contribution in [0.3, 0.4) is 0 Å². The molecule has 20 heavy (non-hydrogen) atoms. The van der Waals surface area contributed by atoms with Gasteiger partial charge in [-0.2, -0.15) is 0 Å². The Morgan fingerprint density at radius 2 is 2.15 bits per heavy atom. The maximum absolute atomic E-state index is 12.0. The number of carbonyl (C=O) groups excluding carboxylic acids is 1. The van der Waals surface area contributed by atoms with Crippen LogP contribution >= 0.6 is 11.6 Å². The Bertz CT molecular complexity index is 504. The molecule has 110 valence electrons. The molecule has 1 aliphatic heterocycles. The van der Waals surface area contributed by atoms with Crippen molar-refractivity contribution in [3.8, 4) is 0 Å². The summed E-state index contributed by atoms with van der Waals surface area (Å²) < 4.78 is 0. The van der Waals surface area contributed by atoms with Crippen LogP contribution in [0.2, 0.25) is 5.02 Å². The maximum atomic E-state index is 12.0. The quantitative estimate of drug-likeness (QED) is 0.847. The van der Waals surface area contributed by atoms with E-state index in [4.69, 9.17) is 11.6 Å². The number of anilines is 2. The summed E-state index contributed by atoms with van der Waals surface area (Å²) in [5.41, 5.74) is 2.77. The highest BCUT2D eigenvalue weighted by molar-refractivity contribution is 6.33. The number of hydrogen-bond acceptors (Lipinski definition) is 3. The first-order valence-corrected chi connectivity index (χ1v) is 7.55. The molecule has 0 saturated heterocycles.